The number of carbonyl (C=O) groups is 1. The van der Waals surface area contributed by atoms with Gasteiger partial charge in [0.1, 0.15) is 0 Å². The standard InChI is InChI=1S/C18H22BrN3O/c1-4-5-8-22(3)15-10-14(11-20-12-15)18(23)21-17-7-6-13(2)9-16(17)19/h6-7,9-12H,4-5,8H2,1-3H3,(H,21,23). The summed E-state index contributed by atoms with van der Waals surface area (Å²) in [6, 6.07) is 7.71. The Bertz CT molecular complexity index is 688. The largest absolute Gasteiger partial charge is 0.373 e. The highest BCUT2D eigenvalue weighted by molar-refractivity contribution is 9.10. The molecule has 0 aliphatic carbocycles. The third kappa shape index (κ3) is 4.79. The van der Waals surface area contributed by atoms with Gasteiger partial charge in [-0.05, 0) is 53.0 Å². The number of pyridine rings is 1. The molecule has 0 bridgehead atoms. The van der Waals surface area contributed by atoms with Crippen LogP contribution >= 0.6 is 15.9 Å². The van der Waals surface area contributed by atoms with E-state index in [4.69, 9.17) is 0 Å². The molecule has 0 aliphatic heterocycles. The van der Waals surface area contributed by atoms with E-state index in [0.717, 1.165) is 40.8 Å². The molecule has 122 valence electrons. The molecule has 1 N–H and O–H groups in total. The second-order valence-corrected chi connectivity index (χ2v) is 6.50. The number of aryl methyl sites for hydroxylation is 1. The molecule has 1 amide bonds. The first-order chi connectivity index (χ1) is 11.0. The Morgan fingerprint density at radius 1 is 1.30 bits per heavy atom. The van der Waals surface area contributed by atoms with Crippen molar-refractivity contribution in [1.82, 2.24) is 4.98 Å². The summed E-state index contributed by atoms with van der Waals surface area (Å²) < 4.78 is 0.870. The number of hydrogen-bond donors (Lipinski definition) is 1. The molecule has 2 rings (SSSR count). The number of aromatic nitrogens is 1. The Balaban J connectivity index is 2.13. The number of nitrogens with one attached hydrogen (secondary N) is 1. The highest BCUT2D eigenvalue weighted by Crippen LogP contribution is 2.24. The quantitative estimate of drug-likeness (QED) is 0.799. The summed E-state index contributed by atoms with van der Waals surface area (Å²) in [5.41, 5.74) is 3.40. The van der Waals surface area contributed by atoms with Crippen molar-refractivity contribution < 1.29 is 4.79 Å². The fraction of sp³-hybridized carbons (Fsp3) is 0.333. The van der Waals surface area contributed by atoms with Crippen LogP contribution in [-0.2, 0) is 0 Å². The topological polar surface area (TPSA) is 45.2 Å². The van der Waals surface area contributed by atoms with Gasteiger partial charge in [0.05, 0.1) is 23.1 Å². The molecule has 5 heteroatoms. The summed E-state index contributed by atoms with van der Waals surface area (Å²) in [6.07, 6.45) is 5.63. The Labute approximate surface area is 146 Å². The van der Waals surface area contributed by atoms with Crippen molar-refractivity contribution >= 4 is 33.2 Å². The van der Waals surface area contributed by atoms with E-state index >= 15 is 0 Å². The van der Waals surface area contributed by atoms with E-state index in [1.54, 1.807) is 12.4 Å². The molecule has 23 heavy (non-hydrogen) atoms. The molecular formula is C18H22BrN3O. The van der Waals surface area contributed by atoms with E-state index in [1.165, 1.54) is 0 Å². The molecule has 0 atom stereocenters. The van der Waals surface area contributed by atoms with Crippen molar-refractivity contribution in [3.8, 4) is 0 Å². The lowest BCUT2D eigenvalue weighted by Crippen LogP contribution is -2.20. The molecule has 0 saturated carbocycles. The molecule has 0 unspecified atom stereocenters. The molecule has 1 heterocycles. The maximum atomic E-state index is 12.4. The second-order valence-electron chi connectivity index (χ2n) is 5.64. The van der Waals surface area contributed by atoms with Crippen LogP contribution in [0.5, 0.6) is 0 Å². The van der Waals surface area contributed by atoms with Gasteiger partial charge in [0.15, 0.2) is 0 Å². The fourth-order valence-corrected chi connectivity index (χ4v) is 2.79. The number of nitrogens with zero attached hydrogens (tertiary/aromatic N) is 2. The smallest absolute Gasteiger partial charge is 0.257 e. The van der Waals surface area contributed by atoms with Gasteiger partial charge in [-0.3, -0.25) is 9.78 Å². The summed E-state index contributed by atoms with van der Waals surface area (Å²) >= 11 is 3.48. The lowest BCUT2D eigenvalue weighted by Gasteiger charge is -2.19. The molecule has 1 aromatic carbocycles. The highest BCUT2D eigenvalue weighted by Gasteiger charge is 2.11. The average Bonchev–Trinajstić information content (AvgIpc) is 2.55. The molecule has 0 aliphatic rings. The van der Waals surface area contributed by atoms with Crippen molar-refractivity contribution in [3.05, 3.63) is 52.3 Å². The van der Waals surface area contributed by atoms with Crippen LogP contribution in [0.3, 0.4) is 0 Å². The molecule has 2 aromatic rings. The minimum absolute atomic E-state index is 0.159. The lowest BCUT2D eigenvalue weighted by atomic mass is 10.2. The SMILES string of the molecule is CCCCN(C)c1cncc(C(=O)Nc2ccc(C)cc2Br)c1. The first kappa shape index (κ1) is 17.5. The number of amides is 1. The summed E-state index contributed by atoms with van der Waals surface area (Å²) in [6.45, 7) is 5.12. The van der Waals surface area contributed by atoms with Crippen LogP contribution in [0.1, 0.15) is 35.7 Å². The maximum Gasteiger partial charge on any atom is 0.257 e. The Kier molecular flexibility index (Phi) is 6.16. The predicted octanol–water partition coefficient (Wildman–Crippen LogP) is 4.64. The second kappa shape index (κ2) is 8.11. The van der Waals surface area contributed by atoms with Crippen LogP contribution in [0.15, 0.2) is 41.1 Å². The van der Waals surface area contributed by atoms with Gasteiger partial charge < -0.3 is 10.2 Å². The summed E-state index contributed by atoms with van der Waals surface area (Å²) in [4.78, 5) is 18.8. The normalized spacial score (nSPS) is 10.4. The van der Waals surface area contributed by atoms with Gasteiger partial charge >= 0.3 is 0 Å². The number of unbranched alkanes of at least 4 members (excludes halogenated alkanes) is 1. The van der Waals surface area contributed by atoms with Crippen LogP contribution in [-0.4, -0.2) is 24.5 Å². The van der Waals surface area contributed by atoms with E-state index in [-0.39, 0.29) is 5.91 Å². The van der Waals surface area contributed by atoms with Gasteiger partial charge in [-0.25, -0.2) is 0 Å². The highest BCUT2D eigenvalue weighted by atomic mass is 79.9. The van der Waals surface area contributed by atoms with Crippen LogP contribution in [0.25, 0.3) is 0 Å². The van der Waals surface area contributed by atoms with E-state index in [2.05, 4.69) is 38.1 Å². The van der Waals surface area contributed by atoms with Gasteiger partial charge in [0, 0.05) is 24.3 Å². The zero-order valence-corrected chi connectivity index (χ0v) is 15.4. The maximum absolute atomic E-state index is 12.4. The van der Waals surface area contributed by atoms with Crippen molar-refractivity contribution in [2.24, 2.45) is 0 Å². The van der Waals surface area contributed by atoms with Crippen LogP contribution in [0.2, 0.25) is 0 Å². The first-order valence-electron chi connectivity index (χ1n) is 7.75. The Morgan fingerprint density at radius 2 is 2.09 bits per heavy atom. The molecular weight excluding hydrogens is 354 g/mol. The van der Waals surface area contributed by atoms with Crippen LogP contribution in [0.4, 0.5) is 11.4 Å². The minimum atomic E-state index is -0.159. The minimum Gasteiger partial charge on any atom is -0.373 e. The number of hydrogen-bond acceptors (Lipinski definition) is 3. The number of anilines is 2. The van der Waals surface area contributed by atoms with Crippen molar-refractivity contribution in [3.63, 3.8) is 0 Å². The number of halogens is 1. The van der Waals surface area contributed by atoms with E-state index in [1.807, 2.05) is 38.2 Å². The average molecular weight is 376 g/mol. The molecule has 0 fully saturated rings. The van der Waals surface area contributed by atoms with Gasteiger partial charge in [0.25, 0.3) is 5.91 Å². The zero-order chi connectivity index (χ0) is 16.8. The summed E-state index contributed by atoms with van der Waals surface area (Å²) in [7, 11) is 2.02. The first-order valence-corrected chi connectivity index (χ1v) is 8.54. The van der Waals surface area contributed by atoms with Gasteiger partial charge in [-0.2, -0.15) is 0 Å². The third-order valence-electron chi connectivity index (χ3n) is 3.65. The molecule has 1 aromatic heterocycles. The van der Waals surface area contributed by atoms with Crippen molar-refractivity contribution in [2.45, 2.75) is 26.7 Å². The predicted molar refractivity (Wildman–Crippen MR) is 99.2 cm³/mol. The summed E-state index contributed by atoms with van der Waals surface area (Å²) in [5.74, 6) is -0.159. The molecule has 0 radical (unpaired) electrons. The van der Waals surface area contributed by atoms with Gasteiger partial charge in [-0.1, -0.05) is 19.4 Å². The summed E-state index contributed by atoms with van der Waals surface area (Å²) in [5, 5.41) is 2.92. The van der Waals surface area contributed by atoms with Crippen LogP contribution in [0, 0.1) is 6.92 Å². The third-order valence-corrected chi connectivity index (χ3v) is 4.30. The van der Waals surface area contributed by atoms with Gasteiger partial charge in [0.2, 0.25) is 0 Å². The Morgan fingerprint density at radius 3 is 2.78 bits per heavy atom. The van der Waals surface area contributed by atoms with E-state index in [9.17, 15) is 4.79 Å². The fourth-order valence-electron chi connectivity index (χ4n) is 2.20. The van der Waals surface area contributed by atoms with Gasteiger partial charge in [-0.15, -0.1) is 0 Å². The zero-order valence-electron chi connectivity index (χ0n) is 13.8. The number of carbonyl (C=O) groups excluding carboxylic acids is 1. The lowest BCUT2D eigenvalue weighted by molar-refractivity contribution is 0.102. The van der Waals surface area contributed by atoms with E-state index in [0.29, 0.717) is 5.56 Å². The molecule has 0 saturated heterocycles. The van der Waals surface area contributed by atoms with E-state index < -0.39 is 0 Å². The number of benzene rings is 1. The Hall–Kier alpha value is -1.88. The van der Waals surface area contributed by atoms with Crippen molar-refractivity contribution in [1.29, 1.82) is 0 Å². The molecule has 0 spiro atoms. The van der Waals surface area contributed by atoms with Crippen molar-refractivity contribution in [2.75, 3.05) is 23.8 Å². The van der Waals surface area contributed by atoms with Crippen LogP contribution < -0.4 is 10.2 Å². The molecule has 4 nitrogen and oxygen atoms in total. The monoisotopic (exact) mass is 375 g/mol. The number of rotatable bonds is 6.